The molecule has 0 bridgehead atoms. The lowest BCUT2D eigenvalue weighted by molar-refractivity contribution is -0.384. The van der Waals surface area contributed by atoms with Crippen molar-refractivity contribution in [3.05, 3.63) is 92.0 Å². The normalized spacial score (nSPS) is 11.3. The number of methoxy groups -OCH3 is 1. The largest absolute Gasteiger partial charge is 0.493 e. The molecule has 0 saturated heterocycles. The summed E-state index contributed by atoms with van der Waals surface area (Å²) in [5.41, 5.74) is -0.265. The van der Waals surface area contributed by atoms with Crippen LogP contribution in [0.1, 0.15) is 5.56 Å². The molecule has 0 aliphatic heterocycles. The smallest absolute Gasteiger partial charge is 0.339 e. The molecule has 3 aromatic carbocycles. The molecule has 0 fully saturated rings. The minimum Gasteiger partial charge on any atom is -0.493 e. The lowest BCUT2D eigenvalue weighted by Crippen LogP contribution is -2.13. The highest BCUT2D eigenvalue weighted by Gasteiger charge is 2.22. The molecule has 0 heterocycles. The molecule has 0 atom stereocenters. The average Bonchev–Trinajstić information content (AvgIpc) is 2.84. The standard InChI is InChI=1S/C23H15Cl2N3O7S/c1-34-21-11-14(9-15(13-26)23(29)27-17-3-2-4-18(12-17)28(30)31)10-20(25)22(21)35-36(32,33)19-7-5-16(24)6-8-19/h2-12H,1H3,(H,27,29)/b15-9+. The molecule has 184 valence electrons. The van der Waals surface area contributed by atoms with Crippen molar-refractivity contribution in [2.45, 2.75) is 4.90 Å². The number of nitrogens with one attached hydrogen (secondary N) is 1. The molecule has 0 aliphatic rings. The Kier molecular flexibility index (Phi) is 8.16. The van der Waals surface area contributed by atoms with Gasteiger partial charge in [-0.2, -0.15) is 13.7 Å². The fourth-order valence-electron chi connectivity index (χ4n) is 2.87. The summed E-state index contributed by atoms with van der Waals surface area (Å²) in [6.07, 6.45) is 1.18. The van der Waals surface area contributed by atoms with Crippen LogP contribution in [0.4, 0.5) is 11.4 Å². The number of ether oxygens (including phenoxy) is 1. The molecule has 3 aromatic rings. The van der Waals surface area contributed by atoms with Crippen molar-refractivity contribution in [1.29, 1.82) is 5.26 Å². The number of non-ortho nitro benzene ring substituents is 1. The molecule has 0 aliphatic carbocycles. The average molecular weight is 548 g/mol. The Bertz CT molecular complexity index is 1520. The highest BCUT2D eigenvalue weighted by molar-refractivity contribution is 7.87. The van der Waals surface area contributed by atoms with Crippen LogP contribution in [0.3, 0.4) is 0 Å². The molecule has 1 amide bonds. The summed E-state index contributed by atoms with van der Waals surface area (Å²) in [5, 5.41) is 23.0. The van der Waals surface area contributed by atoms with E-state index >= 15 is 0 Å². The SMILES string of the molecule is COc1cc(/C=C(\C#N)C(=O)Nc2cccc([N+](=O)[O-])c2)cc(Cl)c1OS(=O)(=O)c1ccc(Cl)cc1. The number of nitrogens with zero attached hydrogens (tertiary/aromatic N) is 2. The van der Waals surface area contributed by atoms with Crippen molar-refractivity contribution >= 4 is 56.7 Å². The van der Waals surface area contributed by atoms with Crippen molar-refractivity contribution < 1.29 is 27.1 Å². The van der Waals surface area contributed by atoms with Crippen LogP contribution >= 0.6 is 23.2 Å². The second kappa shape index (κ2) is 11.1. The van der Waals surface area contributed by atoms with Crippen LogP contribution in [-0.2, 0) is 14.9 Å². The number of anilines is 1. The summed E-state index contributed by atoms with van der Waals surface area (Å²) >= 11 is 12.0. The Morgan fingerprint density at radius 3 is 2.44 bits per heavy atom. The Morgan fingerprint density at radius 1 is 1.14 bits per heavy atom. The Hall–Kier alpha value is -4.11. The molecule has 36 heavy (non-hydrogen) atoms. The first-order valence-corrected chi connectivity index (χ1v) is 12.0. The maximum Gasteiger partial charge on any atom is 0.339 e. The number of hydrogen-bond donors (Lipinski definition) is 1. The van der Waals surface area contributed by atoms with Crippen LogP contribution in [0.15, 0.2) is 71.1 Å². The predicted molar refractivity (Wildman–Crippen MR) is 133 cm³/mol. The summed E-state index contributed by atoms with van der Waals surface area (Å²) in [7, 11) is -3.04. The Labute approximate surface area is 215 Å². The number of benzene rings is 3. The molecule has 3 rings (SSSR count). The van der Waals surface area contributed by atoms with E-state index in [2.05, 4.69) is 5.32 Å². The highest BCUT2D eigenvalue weighted by Crippen LogP contribution is 2.39. The number of nitro benzene ring substituents is 1. The summed E-state index contributed by atoms with van der Waals surface area (Å²) < 4.78 is 35.7. The third-order valence-corrected chi connectivity index (χ3v) is 6.31. The van der Waals surface area contributed by atoms with E-state index in [1.165, 1.54) is 67.8 Å². The first-order chi connectivity index (χ1) is 17.0. The molecule has 13 heteroatoms. The van der Waals surface area contributed by atoms with Gasteiger partial charge in [-0.15, -0.1) is 0 Å². The van der Waals surface area contributed by atoms with Gasteiger partial charge in [0.25, 0.3) is 11.6 Å². The van der Waals surface area contributed by atoms with Gasteiger partial charge in [0, 0.05) is 22.8 Å². The van der Waals surface area contributed by atoms with Crippen molar-refractivity contribution in [3.8, 4) is 17.6 Å². The van der Waals surface area contributed by atoms with E-state index in [1.54, 1.807) is 6.07 Å². The quantitative estimate of drug-likeness (QED) is 0.132. The van der Waals surface area contributed by atoms with E-state index < -0.39 is 20.9 Å². The zero-order valence-electron chi connectivity index (χ0n) is 18.3. The third kappa shape index (κ3) is 6.31. The van der Waals surface area contributed by atoms with Crippen molar-refractivity contribution in [2.75, 3.05) is 12.4 Å². The first kappa shape index (κ1) is 26.5. The second-order valence-electron chi connectivity index (χ2n) is 6.96. The highest BCUT2D eigenvalue weighted by atomic mass is 35.5. The van der Waals surface area contributed by atoms with Crippen molar-refractivity contribution in [1.82, 2.24) is 0 Å². The van der Waals surface area contributed by atoms with Crippen LogP contribution in [0.5, 0.6) is 11.5 Å². The molecular weight excluding hydrogens is 533 g/mol. The molecule has 0 aromatic heterocycles. The van der Waals surface area contributed by atoms with Crippen LogP contribution in [0.2, 0.25) is 10.0 Å². The van der Waals surface area contributed by atoms with Gasteiger partial charge in [0.05, 0.1) is 17.1 Å². The van der Waals surface area contributed by atoms with Crippen molar-refractivity contribution in [2.24, 2.45) is 0 Å². The zero-order chi connectivity index (χ0) is 26.5. The van der Waals surface area contributed by atoms with E-state index in [1.807, 2.05) is 0 Å². The Balaban J connectivity index is 1.90. The molecular formula is C23H15Cl2N3O7S. The van der Waals surface area contributed by atoms with E-state index in [0.29, 0.717) is 5.02 Å². The number of hydrogen-bond acceptors (Lipinski definition) is 8. The van der Waals surface area contributed by atoms with E-state index in [4.69, 9.17) is 32.1 Å². The van der Waals surface area contributed by atoms with Crippen molar-refractivity contribution in [3.63, 3.8) is 0 Å². The lowest BCUT2D eigenvalue weighted by Gasteiger charge is -2.13. The van der Waals surface area contributed by atoms with Crippen LogP contribution < -0.4 is 14.2 Å². The van der Waals surface area contributed by atoms with Gasteiger partial charge in [-0.25, -0.2) is 0 Å². The fraction of sp³-hybridized carbons (Fsp3) is 0.0435. The minimum absolute atomic E-state index is 0.0809. The van der Waals surface area contributed by atoms with Crippen LogP contribution in [0.25, 0.3) is 6.08 Å². The van der Waals surface area contributed by atoms with E-state index in [-0.39, 0.29) is 43.9 Å². The molecule has 0 radical (unpaired) electrons. The monoisotopic (exact) mass is 547 g/mol. The number of amides is 1. The number of carbonyl (C=O) groups excluding carboxylic acids is 1. The minimum atomic E-state index is -4.29. The summed E-state index contributed by atoms with van der Waals surface area (Å²) in [4.78, 5) is 22.7. The number of nitriles is 1. The summed E-state index contributed by atoms with van der Waals surface area (Å²) in [6, 6.07) is 14.8. The van der Waals surface area contributed by atoms with Gasteiger partial charge in [0.2, 0.25) is 5.75 Å². The number of rotatable bonds is 8. The topological polar surface area (TPSA) is 149 Å². The zero-order valence-corrected chi connectivity index (χ0v) is 20.6. The van der Waals surface area contributed by atoms with Gasteiger partial charge in [0.15, 0.2) is 5.75 Å². The first-order valence-electron chi connectivity index (χ1n) is 9.79. The third-order valence-electron chi connectivity index (χ3n) is 4.54. The van der Waals surface area contributed by atoms with E-state index in [9.17, 15) is 28.6 Å². The molecule has 0 saturated carbocycles. The van der Waals surface area contributed by atoms with Crippen LogP contribution in [-0.4, -0.2) is 26.4 Å². The number of halogens is 2. The van der Waals surface area contributed by atoms with Gasteiger partial charge < -0.3 is 14.2 Å². The van der Waals surface area contributed by atoms with Gasteiger partial charge in [-0.05, 0) is 54.1 Å². The Morgan fingerprint density at radius 2 is 1.83 bits per heavy atom. The summed E-state index contributed by atoms with van der Waals surface area (Å²) in [6.45, 7) is 0. The number of carbonyl (C=O) groups is 1. The lowest BCUT2D eigenvalue weighted by atomic mass is 10.1. The maximum atomic E-state index is 12.6. The maximum absolute atomic E-state index is 12.6. The fourth-order valence-corrected chi connectivity index (χ4v) is 4.26. The molecule has 0 spiro atoms. The molecule has 0 unspecified atom stereocenters. The van der Waals surface area contributed by atoms with Gasteiger partial charge in [-0.3, -0.25) is 14.9 Å². The second-order valence-corrected chi connectivity index (χ2v) is 9.35. The summed E-state index contributed by atoms with van der Waals surface area (Å²) in [5.74, 6) is -1.22. The predicted octanol–water partition coefficient (Wildman–Crippen LogP) is 5.22. The number of nitro groups is 1. The molecule has 10 nitrogen and oxygen atoms in total. The molecule has 1 N–H and O–H groups in total. The van der Waals surface area contributed by atoms with Crippen LogP contribution in [0, 0.1) is 21.4 Å². The van der Waals surface area contributed by atoms with Gasteiger partial charge in [0.1, 0.15) is 16.5 Å². The van der Waals surface area contributed by atoms with Gasteiger partial charge >= 0.3 is 10.1 Å². The van der Waals surface area contributed by atoms with E-state index in [0.717, 1.165) is 6.07 Å². The van der Waals surface area contributed by atoms with Gasteiger partial charge in [-0.1, -0.05) is 29.3 Å².